The number of aryl methyl sites for hydroxylation is 1. The highest BCUT2D eigenvalue weighted by atomic mass is 14.1. The zero-order valence-electron chi connectivity index (χ0n) is 7.04. The molecule has 0 heteroatoms. The predicted molar refractivity (Wildman–Crippen MR) is 51.4 cm³/mol. The van der Waals surface area contributed by atoms with Gasteiger partial charge in [-0.25, -0.2) is 0 Å². The molecule has 0 heterocycles. The zero-order chi connectivity index (χ0) is 8.55. The number of rotatable bonds is 0. The minimum Gasteiger partial charge on any atom is -0.144 e. The molecule has 1 aromatic rings. The van der Waals surface area contributed by atoms with Crippen LogP contribution in [0.1, 0.15) is 16.7 Å². The molecule has 0 nitrogen and oxygen atoms in total. The summed E-state index contributed by atoms with van der Waals surface area (Å²) >= 11 is 0. The molecule has 12 heavy (non-hydrogen) atoms. The maximum absolute atomic E-state index is 5.81. The molecule has 0 unspecified atom stereocenters. The lowest BCUT2D eigenvalue weighted by Crippen LogP contribution is -1.94. The Balaban J connectivity index is 2.58. The van der Waals surface area contributed by atoms with Crippen LogP contribution in [-0.4, -0.2) is 0 Å². The van der Waals surface area contributed by atoms with Crippen molar-refractivity contribution in [2.24, 2.45) is 0 Å². The van der Waals surface area contributed by atoms with Gasteiger partial charge in [-0.1, -0.05) is 23.3 Å². The van der Waals surface area contributed by atoms with E-state index in [1.54, 1.807) is 0 Å². The maximum Gasteiger partial charge on any atom is 0.00126 e. The molecule has 0 saturated heterocycles. The Morgan fingerprint density at radius 1 is 1.33 bits per heavy atom. The molecule has 0 atom stereocenters. The quantitative estimate of drug-likeness (QED) is 0.504. The van der Waals surface area contributed by atoms with Gasteiger partial charge in [-0.15, -0.1) is 30.2 Å². The Labute approximate surface area is 73.2 Å². The largest absolute Gasteiger partial charge is 0.144 e. The van der Waals surface area contributed by atoms with Gasteiger partial charge in [0.05, 0.1) is 0 Å². The van der Waals surface area contributed by atoms with Crippen molar-refractivity contribution in [3.63, 3.8) is 0 Å². The summed E-state index contributed by atoms with van der Waals surface area (Å²) in [5.41, 5.74) is 4.48. The van der Waals surface area contributed by atoms with Gasteiger partial charge in [-0.3, -0.25) is 0 Å². The summed E-state index contributed by atoms with van der Waals surface area (Å²) in [5.74, 6) is 0. The van der Waals surface area contributed by atoms with E-state index in [0.717, 1.165) is 11.1 Å². The fourth-order valence-corrected chi connectivity index (χ4v) is 1.43. The third-order valence-corrected chi connectivity index (χ3v) is 2.07. The van der Waals surface area contributed by atoms with E-state index in [2.05, 4.69) is 31.5 Å². The third-order valence-electron chi connectivity index (χ3n) is 2.07. The molecule has 1 aromatic carbocycles. The van der Waals surface area contributed by atoms with Gasteiger partial charge in [0.15, 0.2) is 0 Å². The molecule has 0 aromatic heterocycles. The summed E-state index contributed by atoms with van der Waals surface area (Å²) in [5, 5.41) is 0. The lowest BCUT2D eigenvalue weighted by molar-refractivity contribution is 1.37. The van der Waals surface area contributed by atoms with Gasteiger partial charge in [0.2, 0.25) is 0 Å². The van der Waals surface area contributed by atoms with Crippen molar-refractivity contribution in [3.05, 3.63) is 60.0 Å². The Kier molecular flexibility index (Phi) is 1.49. The molecule has 0 aliphatic heterocycles. The van der Waals surface area contributed by atoms with Crippen molar-refractivity contribution in [2.45, 2.75) is 6.92 Å². The molecule has 0 radical (unpaired) electrons. The second kappa shape index (κ2) is 2.51. The van der Waals surface area contributed by atoms with Crippen LogP contribution >= 0.6 is 0 Å². The molecule has 0 bridgehead atoms. The van der Waals surface area contributed by atoms with E-state index < -0.39 is 0 Å². The first-order valence-corrected chi connectivity index (χ1v) is 4.02. The first kappa shape index (κ1) is 7.15. The van der Waals surface area contributed by atoms with Crippen LogP contribution in [0.3, 0.4) is 0 Å². The smallest absolute Gasteiger partial charge is 0.00126 e. The van der Waals surface area contributed by atoms with Gasteiger partial charge < -0.3 is 0 Å². The molecule has 0 N–H and O–H groups in total. The summed E-state index contributed by atoms with van der Waals surface area (Å²) in [4.78, 5) is 0. The molecule has 0 saturated carbocycles. The van der Waals surface area contributed by atoms with E-state index in [1.807, 2.05) is 12.2 Å². The highest BCUT2D eigenvalue weighted by Crippen LogP contribution is 2.25. The Hall–Kier alpha value is -1.52. The van der Waals surface area contributed by atoms with Gasteiger partial charge in [0.25, 0.3) is 0 Å². The van der Waals surface area contributed by atoms with Crippen molar-refractivity contribution >= 4 is 5.57 Å². The van der Waals surface area contributed by atoms with E-state index in [9.17, 15) is 0 Å². The van der Waals surface area contributed by atoms with Gasteiger partial charge in [0.1, 0.15) is 0 Å². The number of fused-ring (bicyclic) bond motifs is 1. The van der Waals surface area contributed by atoms with Crippen LogP contribution in [0.25, 0.3) is 5.57 Å². The lowest BCUT2D eigenvalue weighted by atomic mass is 9.92. The summed E-state index contributed by atoms with van der Waals surface area (Å²) in [6, 6.07) is 6.30. The summed E-state index contributed by atoms with van der Waals surface area (Å²) in [6.45, 7) is 7.89. The van der Waals surface area contributed by atoms with Crippen molar-refractivity contribution in [2.75, 3.05) is 0 Å². The van der Waals surface area contributed by atoms with Gasteiger partial charge in [-0.2, -0.15) is 0 Å². The fraction of sp³-hybridized carbons (Fsp3) is 0.0833. The van der Waals surface area contributed by atoms with Crippen LogP contribution in [0, 0.1) is 19.9 Å². The Morgan fingerprint density at radius 2 is 2.17 bits per heavy atom. The van der Waals surface area contributed by atoms with Crippen molar-refractivity contribution in [1.82, 2.24) is 0 Å². The minimum atomic E-state index is 0.854. The van der Waals surface area contributed by atoms with Crippen LogP contribution in [0.4, 0.5) is 0 Å². The van der Waals surface area contributed by atoms with Crippen molar-refractivity contribution in [1.29, 1.82) is 0 Å². The molecule has 2 rings (SSSR count). The second-order valence-electron chi connectivity index (χ2n) is 3.07. The molecule has 1 aliphatic rings. The van der Waals surface area contributed by atoms with E-state index in [4.69, 9.17) is 6.58 Å². The van der Waals surface area contributed by atoms with Crippen LogP contribution in [-0.2, 0) is 0 Å². The average molecular weight is 154 g/mol. The second-order valence-corrected chi connectivity index (χ2v) is 3.07. The SMILES string of the molecule is [CH+]=C1C=C[CH-]c2cc(C)ccc21. The molecular formula is C12H10. The van der Waals surface area contributed by atoms with Crippen LogP contribution < -0.4 is 0 Å². The third kappa shape index (κ3) is 1.03. The molecule has 0 fully saturated rings. The minimum absolute atomic E-state index is 0.854. The first-order valence-electron chi connectivity index (χ1n) is 4.02. The first-order chi connectivity index (χ1) is 5.77. The van der Waals surface area contributed by atoms with Crippen LogP contribution in [0.15, 0.2) is 30.4 Å². The summed E-state index contributed by atoms with van der Waals surface area (Å²) in [6.07, 6.45) is 5.99. The maximum atomic E-state index is 5.81. The van der Waals surface area contributed by atoms with E-state index >= 15 is 0 Å². The highest BCUT2D eigenvalue weighted by Gasteiger charge is 2.00. The number of allylic oxidation sites excluding steroid dienone is 3. The molecular weight excluding hydrogens is 144 g/mol. The average Bonchev–Trinajstić information content (AvgIpc) is 2.04. The number of hydrogen-bond donors (Lipinski definition) is 0. The monoisotopic (exact) mass is 154 g/mol. The van der Waals surface area contributed by atoms with E-state index in [0.29, 0.717) is 0 Å². The zero-order valence-corrected chi connectivity index (χ0v) is 7.04. The standard InChI is InChI=1S/C12H10/c1-9-6-7-12-10(2)4-3-5-11(12)8-9/h2-8H,1H3. The van der Waals surface area contributed by atoms with Crippen LogP contribution in [0.5, 0.6) is 0 Å². The van der Waals surface area contributed by atoms with E-state index in [1.165, 1.54) is 11.1 Å². The number of benzene rings is 1. The van der Waals surface area contributed by atoms with E-state index in [-0.39, 0.29) is 0 Å². The lowest BCUT2D eigenvalue weighted by Gasteiger charge is -2.19. The summed E-state index contributed by atoms with van der Waals surface area (Å²) in [7, 11) is 0. The molecule has 0 spiro atoms. The van der Waals surface area contributed by atoms with Crippen molar-refractivity contribution in [3.8, 4) is 0 Å². The molecule has 0 amide bonds. The highest BCUT2D eigenvalue weighted by molar-refractivity contribution is 5.77. The normalized spacial score (nSPS) is 13.8. The predicted octanol–water partition coefficient (Wildman–Crippen LogP) is 2.93. The Bertz CT molecular complexity index is 356. The van der Waals surface area contributed by atoms with Gasteiger partial charge in [0, 0.05) is 5.57 Å². The fourth-order valence-electron chi connectivity index (χ4n) is 1.43. The van der Waals surface area contributed by atoms with Crippen LogP contribution in [0.2, 0.25) is 0 Å². The molecule has 58 valence electrons. The molecule has 1 aliphatic carbocycles. The Morgan fingerprint density at radius 3 is 3.00 bits per heavy atom. The van der Waals surface area contributed by atoms with Gasteiger partial charge in [-0.05, 0) is 13.5 Å². The summed E-state index contributed by atoms with van der Waals surface area (Å²) < 4.78 is 0. The topological polar surface area (TPSA) is 0 Å². The van der Waals surface area contributed by atoms with Gasteiger partial charge >= 0.3 is 0 Å². The van der Waals surface area contributed by atoms with Crippen molar-refractivity contribution < 1.29 is 0 Å². The number of hydrogen-bond acceptors (Lipinski definition) is 0.